The topological polar surface area (TPSA) is 50.2 Å². The van der Waals surface area contributed by atoms with Gasteiger partial charge in [-0.25, -0.2) is 0 Å². The maximum absolute atomic E-state index is 13.0. The van der Waals surface area contributed by atoms with Crippen molar-refractivity contribution in [2.45, 2.75) is 13.8 Å². The molecule has 1 N–H and O–H groups in total. The van der Waals surface area contributed by atoms with Gasteiger partial charge >= 0.3 is 134 Å². The van der Waals surface area contributed by atoms with E-state index >= 15 is 0 Å². The molecule has 3 nitrogen and oxygen atoms in total. The average molecular weight is 644 g/mol. The molecule has 6 heteroatoms. The minimum Gasteiger partial charge on any atom is 0 e. The monoisotopic (exact) mass is 645 g/mol. The summed E-state index contributed by atoms with van der Waals surface area (Å²) in [5.41, 5.74) is 3.03. The van der Waals surface area contributed by atoms with E-state index in [1.165, 1.54) is 46.1 Å². The number of fused-ring (bicyclic) bond motifs is 1. The Morgan fingerprint density at radius 2 is 1.87 bits per heavy atom. The number of carbonyl (C=O) groups excluding carboxylic acids is 1. The zero-order chi connectivity index (χ0) is 20.8. The van der Waals surface area contributed by atoms with Gasteiger partial charge in [-0.1, -0.05) is 0 Å². The summed E-state index contributed by atoms with van der Waals surface area (Å²) in [6, 6.07) is 22.1. The van der Waals surface area contributed by atoms with Crippen LogP contribution in [0.1, 0.15) is 13.8 Å². The standard InChI is InChI=1S/C19H11FNSe.C5H8O2.Ir/c20-16-8-6-14(7-9-16)18-11-15-10-17(21-12-19(15)22-18)13-4-2-1-3-5-13;1-4(6)3-5(2)7;/h1-4,6-12H;3,6H,1-2H3;/q-1;;/b;4-3-;. The van der Waals surface area contributed by atoms with Crippen molar-refractivity contribution in [3.05, 3.63) is 90.6 Å². The number of aromatic nitrogens is 1. The molecule has 30 heavy (non-hydrogen) atoms. The summed E-state index contributed by atoms with van der Waals surface area (Å²) < 4.78 is 15.6. The molecular weight excluding hydrogens is 624 g/mol. The van der Waals surface area contributed by atoms with E-state index in [1.807, 2.05) is 42.6 Å². The number of benzene rings is 2. The van der Waals surface area contributed by atoms with Crippen molar-refractivity contribution >= 4 is 29.9 Å². The van der Waals surface area contributed by atoms with Crippen molar-refractivity contribution < 1.29 is 34.4 Å². The molecule has 0 spiro atoms. The SMILES string of the molecule is CC(=O)/C=C(/C)O.Fc1ccc(-c2cc3cc(-c4[c-]cccc4)ncc3[se]2)cc1.[Ir]. The molecule has 0 saturated heterocycles. The Kier molecular flexibility index (Phi) is 8.88. The van der Waals surface area contributed by atoms with Crippen molar-refractivity contribution in [2.75, 3.05) is 0 Å². The summed E-state index contributed by atoms with van der Waals surface area (Å²) >= 11 is 0.221. The van der Waals surface area contributed by atoms with Gasteiger partial charge in [-0.3, -0.25) is 4.79 Å². The van der Waals surface area contributed by atoms with Crippen LogP contribution >= 0.6 is 0 Å². The minimum absolute atomic E-state index is 0. The Morgan fingerprint density at radius 3 is 2.43 bits per heavy atom. The van der Waals surface area contributed by atoms with Gasteiger partial charge in [0, 0.05) is 26.2 Å². The van der Waals surface area contributed by atoms with E-state index in [0.29, 0.717) is 0 Å². The van der Waals surface area contributed by atoms with Crippen LogP contribution in [0.3, 0.4) is 0 Å². The van der Waals surface area contributed by atoms with Gasteiger partial charge in [-0.2, -0.15) is 0 Å². The summed E-state index contributed by atoms with van der Waals surface area (Å²) in [7, 11) is 0. The maximum atomic E-state index is 13.0. The first-order valence-electron chi connectivity index (χ1n) is 8.93. The first-order valence-corrected chi connectivity index (χ1v) is 10.6. The van der Waals surface area contributed by atoms with Crippen LogP contribution in [0, 0.1) is 11.9 Å². The Hall–Kier alpha value is -2.36. The number of aliphatic hydroxyl groups excluding tert-OH is 1. The number of pyridine rings is 1. The summed E-state index contributed by atoms with van der Waals surface area (Å²) in [6.07, 6.45) is 3.12. The van der Waals surface area contributed by atoms with Gasteiger partial charge in [0.05, 0.1) is 5.76 Å². The number of ketones is 1. The molecule has 2 aromatic carbocycles. The van der Waals surface area contributed by atoms with E-state index in [-0.39, 0.29) is 52.0 Å². The molecule has 0 bridgehead atoms. The van der Waals surface area contributed by atoms with Crippen molar-refractivity contribution in [1.29, 1.82) is 0 Å². The summed E-state index contributed by atoms with van der Waals surface area (Å²) in [5, 5.41) is 9.57. The molecule has 0 aliphatic heterocycles. The van der Waals surface area contributed by atoms with Crippen LogP contribution in [0.15, 0.2) is 78.7 Å². The minimum atomic E-state index is -0.198. The second kappa shape index (κ2) is 11.1. The van der Waals surface area contributed by atoms with Gasteiger partial charge in [-0.05, 0) is 13.8 Å². The van der Waals surface area contributed by atoms with E-state index < -0.39 is 0 Å². The van der Waals surface area contributed by atoms with E-state index in [0.717, 1.165) is 16.8 Å². The van der Waals surface area contributed by atoms with Crippen molar-refractivity contribution in [2.24, 2.45) is 0 Å². The largest absolute Gasteiger partial charge is 0 e. The summed E-state index contributed by atoms with van der Waals surface area (Å²) in [5.74, 6) is -0.261. The second-order valence-corrected chi connectivity index (χ2v) is 8.67. The fourth-order valence-electron chi connectivity index (χ4n) is 2.70. The Balaban J connectivity index is 0.000000350. The van der Waals surface area contributed by atoms with Gasteiger partial charge in [0.2, 0.25) is 0 Å². The third kappa shape index (κ3) is 6.58. The molecule has 0 aliphatic rings. The Morgan fingerprint density at radius 1 is 1.13 bits per heavy atom. The Labute approximate surface area is 194 Å². The Bertz CT molecular complexity index is 1150. The molecule has 0 aliphatic carbocycles. The van der Waals surface area contributed by atoms with Crippen LogP contribution in [0.5, 0.6) is 0 Å². The molecule has 0 fully saturated rings. The first kappa shape index (κ1) is 23.9. The predicted molar refractivity (Wildman–Crippen MR) is 115 cm³/mol. The number of hydrogen-bond donors (Lipinski definition) is 1. The van der Waals surface area contributed by atoms with Gasteiger partial charge in [0.1, 0.15) is 0 Å². The van der Waals surface area contributed by atoms with Gasteiger partial charge in [0.15, 0.2) is 5.78 Å². The van der Waals surface area contributed by atoms with Crippen LogP contribution < -0.4 is 0 Å². The molecule has 155 valence electrons. The van der Waals surface area contributed by atoms with E-state index in [1.54, 1.807) is 0 Å². The van der Waals surface area contributed by atoms with E-state index in [4.69, 9.17) is 5.11 Å². The number of hydrogen-bond acceptors (Lipinski definition) is 3. The number of carbonyl (C=O) groups is 1. The molecule has 2 heterocycles. The molecular formula is C24H19FIrNO2Se-. The molecule has 0 atom stereocenters. The predicted octanol–water partition coefficient (Wildman–Crippen LogP) is 5.60. The van der Waals surface area contributed by atoms with Crippen LogP contribution in [0.2, 0.25) is 0 Å². The summed E-state index contributed by atoms with van der Waals surface area (Å²) in [4.78, 5) is 14.6. The maximum Gasteiger partial charge on any atom is 0 e. The quantitative estimate of drug-likeness (QED) is 0.137. The smallest absolute Gasteiger partial charge is 0 e. The van der Waals surface area contributed by atoms with E-state index in [9.17, 15) is 9.18 Å². The van der Waals surface area contributed by atoms with E-state index in [2.05, 4.69) is 23.2 Å². The third-order valence-corrected chi connectivity index (χ3v) is 6.31. The van der Waals surface area contributed by atoms with Crippen molar-refractivity contribution in [1.82, 2.24) is 4.98 Å². The van der Waals surface area contributed by atoms with Crippen molar-refractivity contribution in [3.63, 3.8) is 0 Å². The fraction of sp³-hybridized carbons (Fsp3) is 0.0833. The zero-order valence-electron chi connectivity index (χ0n) is 16.4. The second-order valence-electron chi connectivity index (χ2n) is 6.40. The molecule has 0 amide bonds. The van der Waals surface area contributed by atoms with Crippen LogP contribution in [0.4, 0.5) is 4.39 Å². The van der Waals surface area contributed by atoms with Crippen LogP contribution in [-0.2, 0) is 24.9 Å². The molecule has 4 aromatic rings. The fourth-order valence-corrected chi connectivity index (χ4v) is 4.83. The number of allylic oxidation sites excluding steroid dienone is 2. The molecule has 2 aromatic heterocycles. The molecule has 0 unspecified atom stereocenters. The molecule has 0 saturated carbocycles. The van der Waals surface area contributed by atoms with Gasteiger partial charge in [0.25, 0.3) is 0 Å². The third-order valence-electron chi connectivity index (χ3n) is 3.93. The van der Waals surface area contributed by atoms with Gasteiger partial charge < -0.3 is 5.11 Å². The van der Waals surface area contributed by atoms with Crippen LogP contribution in [0.25, 0.3) is 30.9 Å². The average Bonchev–Trinajstić information content (AvgIpc) is 3.12. The number of rotatable bonds is 3. The number of aliphatic hydroxyl groups is 1. The zero-order valence-corrected chi connectivity index (χ0v) is 20.5. The van der Waals surface area contributed by atoms with Crippen molar-refractivity contribution in [3.8, 4) is 21.3 Å². The normalized spacial score (nSPS) is 10.7. The molecule has 1 radical (unpaired) electrons. The van der Waals surface area contributed by atoms with Crippen LogP contribution in [-0.4, -0.2) is 30.4 Å². The summed E-state index contributed by atoms with van der Waals surface area (Å²) in [6.45, 7) is 2.85. The number of halogens is 1. The number of nitrogens with zero attached hydrogens (tertiary/aromatic N) is 1. The molecule has 4 rings (SSSR count). The first-order chi connectivity index (χ1) is 13.9. The van der Waals surface area contributed by atoms with Gasteiger partial charge in [-0.15, -0.1) is 0 Å².